The molecule has 4 rings (SSSR count). The van der Waals surface area contributed by atoms with Crippen LogP contribution in [0.2, 0.25) is 0 Å². The Labute approximate surface area is 166 Å². The first-order valence-electron chi connectivity index (χ1n) is 10.5. The summed E-state index contributed by atoms with van der Waals surface area (Å²) in [5, 5.41) is 14.7. The Kier molecular flexibility index (Phi) is 4.63. The predicted molar refractivity (Wildman–Crippen MR) is 109 cm³/mol. The van der Waals surface area contributed by atoms with Crippen LogP contribution in [0.1, 0.15) is 52.9 Å². The van der Waals surface area contributed by atoms with Crippen LogP contribution >= 0.6 is 0 Å². The highest BCUT2D eigenvalue weighted by Crippen LogP contribution is 2.65. The molecule has 2 aliphatic carbocycles. The standard InChI is InChI=1S/C22H31N3O3/c1-21(2)16-8-11-22(21,3)19(14-16)23-20(26)15-9-12-24(13-10-15)17-6-4-5-7-18(17)25(27)28/h4-7,15-16,19H,8-14H2,1-3H3,(H,23,26). The van der Waals surface area contributed by atoms with Crippen molar-refractivity contribution in [3.05, 3.63) is 34.4 Å². The first-order chi connectivity index (χ1) is 13.2. The van der Waals surface area contributed by atoms with Gasteiger partial charge in [-0.2, -0.15) is 0 Å². The van der Waals surface area contributed by atoms with Crippen molar-refractivity contribution in [3.8, 4) is 0 Å². The molecule has 0 spiro atoms. The normalized spacial score (nSPS) is 31.8. The molecule has 1 heterocycles. The van der Waals surface area contributed by atoms with Gasteiger partial charge in [0.1, 0.15) is 5.69 Å². The minimum atomic E-state index is -0.328. The van der Waals surface area contributed by atoms with E-state index in [0.717, 1.165) is 19.3 Å². The molecule has 3 unspecified atom stereocenters. The van der Waals surface area contributed by atoms with Crippen molar-refractivity contribution in [1.29, 1.82) is 0 Å². The summed E-state index contributed by atoms with van der Waals surface area (Å²) in [6.07, 6.45) is 5.07. The molecule has 2 saturated carbocycles. The number of nitro groups is 1. The second kappa shape index (κ2) is 6.75. The molecular weight excluding hydrogens is 354 g/mol. The number of carbonyl (C=O) groups excluding carboxylic acids is 1. The summed E-state index contributed by atoms with van der Waals surface area (Å²) in [4.78, 5) is 26.0. The average Bonchev–Trinajstić information content (AvgIpc) is 3.01. The fourth-order valence-electron chi connectivity index (χ4n) is 5.98. The molecule has 3 aliphatic rings. The molecule has 0 aromatic heterocycles. The zero-order valence-corrected chi connectivity index (χ0v) is 17.1. The van der Waals surface area contributed by atoms with Gasteiger partial charge in [-0.25, -0.2) is 0 Å². The van der Waals surface area contributed by atoms with Gasteiger partial charge >= 0.3 is 0 Å². The lowest BCUT2D eigenvalue weighted by molar-refractivity contribution is -0.384. The fourth-order valence-corrected chi connectivity index (χ4v) is 5.98. The van der Waals surface area contributed by atoms with Crippen molar-refractivity contribution < 1.29 is 9.72 Å². The zero-order chi connectivity index (χ0) is 20.1. The molecule has 0 radical (unpaired) electrons. The Morgan fingerprint density at radius 1 is 1.18 bits per heavy atom. The van der Waals surface area contributed by atoms with Crippen molar-refractivity contribution in [2.45, 2.75) is 58.9 Å². The minimum absolute atomic E-state index is 0.00450. The Morgan fingerprint density at radius 3 is 2.43 bits per heavy atom. The van der Waals surface area contributed by atoms with Gasteiger partial charge in [0.25, 0.3) is 5.69 Å². The van der Waals surface area contributed by atoms with Crippen LogP contribution in [0.25, 0.3) is 0 Å². The van der Waals surface area contributed by atoms with Crippen molar-refractivity contribution in [1.82, 2.24) is 5.32 Å². The second-order valence-electron chi connectivity index (χ2n) is 9.68. The third-order valence-electron chi connectivity index (χ3n) is 8.40. The van der Waals surface area contributed by atoms with Crippen LogP contribution in [0.4, 0.5) is 11.4 Å². The quantitative estimate of drug-likeness (QED) is 0.624. The highest BCUT2D eigenvalue weighted by molar-refractivity contribution is 5.79. The van der Waals surface area contributed by atoms with Crippen LogP contribution in [-0.4, -0.2) is 30.0 Å². The van der Waals surface area contributed by atoms with Crippen LogP contribution < -0.4 is 10.2 Å². The van der Waals surface area contributed by atoms with Gasteiger partial charge in [-0.05, 0) is 54.9 Å². The van der Waals surface area contributed by atoms with Crippen LogP contribution in [0.15, 0.2) is 24.3 Å². The average molecular weight is 386 g/mol. The zero-order valence-electron chi connectivity index (χ0n) is 17.1. The summed E-state index contributed by atoms with van der Waals surface area (Å²) in [6.45, 7) is 8.43. The largest absolute Gasteiger partial charge is 0.366 e. The fraction of sp³-hybridized carbons (Fsp3) is 0.682. The highest BCUT2D eigenvalue weighted by atomic mass is 16.6. The molecule has 3 fully saturated rings. The van der Waals surface area contributed by atoms with Crippen LogP contribution in [0, 0.1) is 32.8 Å². The molecule has 2 bridgehead atoms. The van der Waals surface area contributed by atoms with E-state index in [-0.39, 0.29) is 33.9 Å². The third kappa shape index (κ3) is 2.88. The third-order valence-corrected chi connectivity index (χ3v) is 8.40. The minimum Gasteiger partial charge on any atom is -0.366 e. The number of fused-ring (bicyclic) bond motifs is 2. The number of para-hydroxylation sites is 2. The number of hydrogen-bond acceptors (Lipinski definition) is 4. The summed E-state index contributed by atoms with van der Waals surface area (Å²) in [5.41, 5.74) is 1.29. The first kappa shape index (κ1) is 19.2. The van der Waals surface area contributed by atoms with E-state index in [1.165, 1.54) is 12.8 Å². The van der Waals surface area contributed by atoms with Gasteiger partial charge in [0.15, 0.2) is 0 Å². The van der Waals surface area contributed by atoms with Gasteiger partial charge < -0.3 is 10.2 Å². The van der Waals surface area contributed by atoms with Crippen molar-refractivity contribution in [3.63, 3.8) is 0 Å². The number of piperidine rings is 1. The van der Waals surface area contributed by atoms with Gasteiger partial charge in [0.2, 0.25) is 5.91 Å². The topological polar surface area (TPSA) is 75.5 Å². The second-order valence-corrected chi connectivity index (χ2v) is 9.68. The number of rotatable bonds is 4. The summed E-state index contributed by atoms with van der Waals surface area (Å²) < 4.78 is 0. The van der Waals surface area contributed by atoms with E-state index in [0.29, 0.717) is 30.1 Å². The number of nitrogens with one attached hydrogen (secondary N) is 1. The summed E-state index contributed by atoms with van der Waals surface area (Å²) in [7, 11) is 0. The van der Waals surface area contributed by atoms with Gasteiger partial charge in [-0.15, -0.1) is 0 Å². The maximum Gasteiger partial charge on any atom is 0.292 e. The molecule has 1 saturated heterocycles. The molecular formula is C22H31N3O3. The first-order valence-corrected chi connectivity index (χ1v) is 10.5. The maximum atomic E-state index is 13.0. The lowest BCUT2D eigenvalue weighted by Gasteiger charge is -2.40. The van der Waals surface area contributed by atoms with E-state index in [9.17, 15) is 14.9 Å². The predicted octanol–water partition coefficient (Wildman–Crippen LogP) is 4.14. The number of benzene rings is 1. The van der Waals surface area contributed by atoms with Crippen LogP contribution in [-0.2, 0) is 4.79 Å². The monoisotopic (exact) mass is 385 g/mol. The van der Waals surface area contributed by atoms with Crippen LogP contribution in [0.5, 0.6) is 0 Å². The maximum absolute atomic E-state index is 13.0. The van der Waals surface area contributed by atoms with Crippen molar-refractivity contribution in [2.24, 2.45) is 22.7 Å². The lowest BCUT2D eigenvalue weighted by Crippen LogP contribution is -2.50. The van der Waals surface area contributed by atoms with E-state index in [1.54, 1.807) is 18.2 Å². The highest BCUT2D eigenvalue weighted by Gasteiger charge is 2.61. The molecule has 1 aromatic rings. The Balaban J connectivity index is 1.37. The Bertz CT molecular complexity index is 785. The Morgan fingerprint density at radius 2 is 1.86 bits per heavy atom. The molecule has 1 aliphatic heterocycles. The molecule has 1 N–H and O–H groups in total. The number of carbonyl (C=O) groups is 1. The molecule has 28 heavy (non-hydrogen) atoms. The van der Waals surface area contributed by atoms with Gasteiger partial charge in [0.05, 0.1) is 4.92 Å². The molecule has 152 valence electrons. The molecule has 3 atom stereocenters. The number of nitro benzene ring substituents is 1. The summed E-state index contributed by atoms with van der Waals surface area (Å²) >= 11 is 0. The van der Waals surface area contributed by atoms with Crippen LogP contribution in [0.3, 0.4) is 0 Å². The number of anilines is 1. The molecule has 6 heteroatoms. The summed E-state index contributed by atoms with van der Waals surface area (Å²) in [5.74, 6) is 0.893. The van der Waals surface area contributed by atoms with Crippen molar-refractivity contribution in [2.75, 3.05) is 18.0 Å². The van der Waals surface area contributed by atoms with E-state index in [2.05, 4.69) is 26.1 Å². The van der Waals surface area contributed by atoms with Crippen molar-refractivity contribution >= 4 is 17.3 Å². The van der Waals surface area contributed by atoms with Gasteiger partial charge in [-0.1, -0.05) is 32.9 Å². The summed E-state index contributed by atoms with van der Waals surface area (Å²) in [6, 6.07) is 7.15. The molecule has 1 aromatic carbocycles. The SMILES string of the molecule is CC1(C)C2CCC1(C)C(NC(=O)C1CCN(c3ccccc3[N+](=O)[O-])CC1)C2. The number of amides is 1. The van der Waals surface area contributed by atoms with E-state index in [1.807, 2.05) is 11.0 Å². The smallest absolute Gasteiger partial charge is 0.292 e. The van der Waals surface area contributed by atoms with Gasteiger partial charge in [-0.3, -0.25) is 14.9 Å². The number of nitrogens with zero attached hydrogens (tertiary/aromatic N) is 2. The van der Waals surface area contributed by atoms with Gasteiger partial charge in [0, 0.05) is 31.1 Å². The lowest BCUT2D eigenvalue weighted by atomic mass is 9.69. The molecule has 6 nitrogen and oxygen atoms in total. The van der Waals surface area contributed by atoms with E-state index in [4.69, 9.17) is 0 Å². The molecule has 1 amide bonds. The van der Waals surface area contributed by atoms with E-state index < -0.39 is 0 Å². The van der Waals surface area contributed by atoms with E-state index >= 15 is 0 Å². The Hall–Kier alpha value is -2.11. The number of hydrogen-bond donors (Lipinski definition) is 1.